The molecule has 2 aliphatic heterocycles. The van der Waals surface area contributed by atoms with Gasteiger partial charge in [-0.3, -0.25) is 14.6 Å². The topological polar surface area (TPSA) is 51.2 Å². The first-order valence-electron chi connectivity index (χ1n) is 11.3. The summed E-state index contributed by atoms with van der Waals surface area (Å²) in [6.45, 7) is 6.57. The molecule has 0 N–H and O–H groups in total. The highest BCUT2D eigenvalue weighted by molar-refractivity contribution is 5.91. The third kappa shape index (κ3) is 5.20. The number of morpholine rings is 1. The first-order valence-corrected chi connectivity index (χ1v) is 11.3. The predicted molar refractivity (Wildman–Crippen MR) is 121 cm³/mol. The van der Waals surface area contributed by atoms with E-state index in [1.807, 2.05) is 0 Å². The van der Waals surface area contributed by atoms with E-state index in [0.717, 1.165) is 69.9 Å². The van der Waals surface area contributed by atoms with Gasteiger partial charge in [-0.05, 0) is 42.3 Å². The minimum atomic E-state index is -0.112. The molecule has 0 spiro atoms. The van der Waals surface area contributed by atoms with E-state index in [9.17, 15) is 4.79 Å². The summed E-state index contributed by atoms with van der Waals surface area (Å²) in [4.78, 5) is 17.0. The predicted octanol–water partition coefficient (Wildman–Crippen LogP) is 3.32. The number of carbonyl (C=O) groups excluding carboxylic acids is 1. The van der Waals surface area contributed by atoms with Crippen LogP contribution in [-0.2, 0) is 20.8 Å². The van der Waals surface area contributed by atoms with Gasteiger partial charge in [0.15, 0.2) is 0 Å². The van der Waals surface area contributed by atoms with Crippen LogP contribution in [0.5, 0.6) is 5.75 Å². The summed E-state index contributed by atoms with van der Waals surface area (Å²) in [6, 6.07) is 13.2. The van der Waals surface area contributed by atoms with Gasteiger partial charge >= 0.3 is 5.97 Å². The van der Waals surface area contributed by atoms with Gasteiger partial charge in [0.25, 0.3) is 0 Å². The van der Waals surface area contributed by atoms with Gasteiger partial charge in [0, 0.05) is 44.0 Å². The number of likely N-dealkylation sites (tertiary alicyclic amines) is 1. The lowest BCUT2D eigenvalue weighted by atomic mass is 9.86. The molecule has 2 aliphatic rings. The highest BCUT2D eigenvalue weighted by atomic mass is 16.5. The number of fused-ring (bicyclic) bond motifs is 1. The molecule has 2 saturated heterocycles. The highest BCUT2D eigenvalue weighted by Crippen LogP contribution is 2.32. The van der Waals surface area contributed by atoms with E-state index in [4.69, 9.17) is 14.2 Å². The van der Waals surface area contributed by atoms with Crippen LogP contribution in [0.4, 0.5) is 0 Å². The molecule has 2 aromatic rings. The van der Waals surface area contributed by atoms with Crippen molar-refractivity contribution in [3.63, 3.8) is 0 Å². The molecule has 0 unspecified atom stereocenters. The number of esters is 1. The summed E-state index contributed by atoms with van der Waals surface area (Å²) in [5.41, 5.74) is 1.33. The number of carbonyl (C=O) groups is 1. The van der Waals surface area contributed by atoms with Crippen molar-refractivity contribution in [1.82, 2.24) is 9.80 Å². The Morgan fingerprint density at radius 2 is 1.84 bits per heavy atom. The summed E-state index contributed by atoms with van der Waals surface area (Å²) in [5.74, 6) is 1.26. The second-order valence-corrected chi connectivity index (χ2v) is 8.59. The molecule has 2 atom stereocenters. The summed E-state index contributed by atoms with van der Waals surface area (Å²) in [7, 11) is 3.20. The second kappa shape index (κ2) is 10.4. The minimum absolute atomic E-state index is 0.112. The van der Waals surface area contributed by atoms with E-state index in [1.54, 1.807) is 7.11 Å². The van der Waals surface area contributed by atoms with Gasteiger partial charge in [-0.15, -0.1) is 0 Å². The van der Waals surface area contributed by atoms with E-state index in [1.165, 1.54) is 18.1 Å². The van der Waals surface area contributed by atoms with Crippen molar-refractivity contribution in [2.75, 3.05) is 53.6 Å². The Kier molecular flexibility index (Phi) is 7.43. The molecule has 31 heavy (non-hydrogen) atoms. The molecule has 168 valence electrons. The Balaban J connectivity index is 1.49. The Bertz CT molecular complexity index is 881. The number of ether oxygens (including phenoxy) is 3. The van der Waals surface area contributed by atoms with Gasteiger partial charge in [0.1, 0.15) is 5.75 Å². The van der Waals surface area contributed by atoms with E-state index in [2.05, 4.69) is 46.2 Å². The average Bonchev–Trinajstić information content (AvgIpc) is 2.83. The number of nitrogens with zero attached hydrogens (tertiary/aromatic N) is 2. The van der Waals surface area contributed by atoms with Crippen molar-refractivity contribution < 1.29 is 19.0 Å². The largest absolute Gasteiger partial charge is 0.496 e. The molecule has 6 heteroatoms. The van der Waals surface area contributed by atoms with Crippen LogP contribution in [0.2, 0.25) is 0 Å². The molecule has 4 rings (SSSR count). The van der Waals surface area contributed by atoms with Gasteiger partial charge in [0.05, 0.1) is 27.4 Å². The minimum Gasteiger partial charge on any atom is -0.496 e. The zero-order valence-corrected chi connectivity index (χ0v) is 18.7. The van der Waals surface area contributed by atoms with Crippen molar-refractivity contribution in [1.29, 1.82) is 0 Å². The first-order chi connectivity index (χ1) is 15.2. The van der Waals surface area contributed by atoms with E-state index in [0.29, 0.717) is 18.4 Å². The van der Waals surface area contributed by atoms with Crippen LogP contribution in [-0.4, -0.2) is 75.4 Å². The van der Waals surface area contributed by atoms with Crippen LogP contribution in [0.15, 0.2) is 36.4 Å². The fourth-order valence-corrected chi connectivity index (χ4v) is 5.21. The molecular formula is C25H34N2O4. The van der Waals surface area contributed by atoms with Crippen LogP contribution in [0.3, 0.4) is 0 Å². The van der Waals surface area contributed by atoms with Crippen LogP contribution in [0.25, 0.3) is 10.8 Å². The quantitative estimate of drug-likeness (QED) is 0.633. The number of methoxy groups -OCH3 is 2. The Morgan fingerprint density at radius 1 is 1.06 bits per heavy atom. The second-order valence-electron chi connectivity index (χ2n) is 8.59. The average molecular weight is 427 g/mol. The summed E-state index contributed by atoms with van der Waals surface area (Å²) < 4.78 is 16.0. The summed E-state index contributed by atoms with van der Waals surface area (Å²) in [6.07, 6.45) is 2.48. The lowest BCUT2D eigenvalue weighted by Gasteiger charge is -2.45. The molecule has 6 nitrogen and oxygen atoms in total. The van der Waals surface area contributed by atoms with Crippen molar-refractivity contribution in [3.05, 3.63) is 42.0 Å². The van der Waals surface area contributed by atoms with E-state index < -0.39 is 0 Å². The SMILES string of the molecule is COC(=O)CC[C@H]1CN(Cc2ccc(OC)c3ccccc23)CC[C@H]1N1CCOCC1. The first kappa shape index (κ1) is 22.1. The molecular weight excluding hydrogens is 392 g/mol. The fraction of sp³-hybridized carbons (Fsp3) is 0.560. The van der Waals surface area contributed by atoms with Crippen LogP contribution in [0, 0.1) is 5.92 Å². The van der Waals surface area contributed by atoms with Crippen molar-refractivity contribution in [2.24, 2.45) is 5.92 Å². The van der Waals surface area contributed by atoms with Crippen LogP contribution in [0.1, 0.15) is 24.8 Å². The van der Waals surface area contributed by atoms with Crippen molar-refractivity contribution >= 4 is 16.7 Å². The number of hydrogen-bond acceptors (Lipinski definition) is 6. The van der Waals surface area contributed by atoms with Gasteiger partial charge in [-0.25, -0.2) is 0 Å². The van der Waals surface area contributed by atoms with Gasteiger partial charge in [-0.1, -0.05) is 30.3 Å². The summed E-state index contributed by atoms with van der Waals surface area (Å²) in [5, 5.41) is 2.41. The van der Waals surface area contributed by atoms with Crippen LogP contribution < -0.4 is 4.74 Å². The summed E-state index contributed by atoms with van der Waals surface area (Å²) >= 11 is 0. The molecule has 2 fully saturated rings. The molecule has 0 aromatic heterocycles. The zero-order valence-electron chi connectivity index (χ0n) is 18.7. The number of hydrogen-bond donors (Lipinski definition) is 0. The van der Waals surface area contributed by atoms with Crippen molar-refractivity contribution in [2.45, 2.75) is 31.8 Å². The molecule has 2 aromatic carbocycles. The lowest BCUT2D eigenvalue weighted by Crippen LogP contribution is -2.53. The molecule has 2 heterocycles. The highest BCUT2D eigenvalue weighted by Gasteiger charge is 2.34. The normalized spacial score (nSPS) is 23.0. The van der Waals surface area contributed by atoms with Crippen molar-refractivity contribution in [3.8, 4) is 5.75 Å². The number of benzene rings is 2. The maximum absolute atomic E-state index is 11.8. The molecule has 0 aliphatic carbocycles. The number of piperidine rings is 1. The molecule has 0 bridgehead atoms. The molecule has 0 saturated carbocycles. The molecule has 0 radical (unpaired) electrons. The maximum Gasteiger partial charge on any atom is 0.305 e. The smallest absolute Gasteiger partial charge is 0.305 e. The van der Waals surface area contributed by atoms with E-state index >= 15 is 0 Å². The Labute approximate surface area is 185 Å². The fourth-order valence-electron chi connectivity index (χ4n) is 5.21. The lowest BCUT2D eigenvalue weighted by molar-refractivity contribution is -0.141. The van der Waals surface area contributed by atoms with Crippen LogP contribution >= 0.6 is 0 Å². The Hall–Kier alpha value is -2.15. The standard InChI is InChI=1S/C25H34N2O4/c1-29-24-9-7-19(21-5-3-4-6-22(21)24)17-26-12-11-23(27-13-15-31-16-14-27)20(18-26)8-10-25(28)30-2/h3-7,9,20,23H,8,10-18H2,1-2H3/t20-,23+/m0/s1. The Morgan fingerprint density at radius 3 is 2.58 bits per heavy atom. The van der Waals surface area contributed by atoms with E-state index in [-0.39, 0.29) is 5.97 Å². The third-order valence-electron chi connectivity index (χ3n) is 6.83. The van der Waals surface area contributed by atoms with Gasteiger partial charge in [0.2, 0.25) is 0 Å². The monoisotopic (exact) mass is 426 g/mol. The molecule has 0 amide bonds. The maximum atomic E-state index is 11.8. The zero-order chi connectivity index (χ0) is 21.6. The van der Waals surface area contributed by atoms with Gasteiger partial charge in [-0.2, -0.15) is 0 Å². The van der Waals surface area contributed by atoms with Gasteiger partial charge < -0.3 is 14.2 Å². The number of rotatable bonds is 7. The third-order valence-corrected chi connectivity index (χ3v) is 6.83.